The minimum atomic E-state index is -1.63. The van der Waals surface area contributed by atoms with Gasteiger partial charge in [-0.3, -0.25) is 33.6 Å². The number of carboxylic acid groups (broad SMARTS) is 5. The van der Waals surface area contributed by atoms with Crippen LogP contribution in [0.25, 0.3) is 0 Å². The number of unbranched alkanes of at least 4 members (excludes halogenated alkanes) is 1. The van der Waals surface area contributed by atoms with E-state index in [1.54, 1.807) is 31.2 Å². The maximum atomic E-state index is 13.0. The van der Waals surface area contributed by atoms with Crippen LogP contribution in [0.1, 0.15) is 89.2 Å². The number of carbonyl (C=O) groups is 11. The van der Waals surface area contributed by atoms with Gasteiger partial charge < -0.3 is 67.9 Å². The number of carbonyl (C=O) groups excluding carboxylic acids is 8. The number of nitrogens with two attached hydrogens (primary N) is 1. The van der Waals surface area contributed by atoms with Gasteiger partial charge in [-0.15, -0.1) is 0 Å². The third-order valence-corrected chi connectivity index (χ3v) is 9.63. The summed E-state index contributed by atoms with van der Waals surface area (Å²) >= 11 is 3.82. The monoisotopic (exact) mass is 987 g/mol. The molecular weight excluding hydrogens is 927 g/mol. The van der Waals surface area contributed by atoms with E-state index < -0.39 is 115 Å². The SMILES string of the molecule is CCC(N)C(=O)OC.CC[C@H](CCC(=O)O)NC(=O)N[C@@H](CCCCNC(=O)NCc1ccc(CC(=O)N[C@@H](CC(=O)O)C(=O)C[C@@H](CC(=O)O)C(=O)N[C@@H](CS)C(=O)O)cc1)C(=O)O.O=C=O. The zero-order chi connectivity index (χ0) is 52.4. The van der Waals surface area contributed by atoms with Crippen molar-refractivity contribution in [2.45, 2.75) is 121 Å². The van der Waals surface area contributed by atoms with Gasteiger partial charge >= 0.3 is 54.0 Å². The maximum Gasteiger partial charge on any atom is 0.373 e. The Hall–Kier alpha value is -7.12. The molecule has 0 saturated heterocycles. The molecule has 68 heavy (non-hydrogen) atoms. The van der Waals surface area contributed by atoms with Crippen molar-refractivity contribution in [1.29, 1.82) is 0 Å². The molecule has 0 bridgehead atoms. The third kappa shape index (κ3) is 30.2. The van der Waals surface area contributed by atoms with E-state index in [4.69, 9.17) is 25.5 Å². The Morgan fingerprint density at radius 1 is 0.676 bits per heavy atom. The number of Topliss-reactive ketones (excluding diaryl/α,β-unsaturated/α-hetero) is 1. The molecule has 13 N–H and O–H groups in total. The number of esters is 1. The first kappa shape index (κ1) is 63.0. The van der Waals surface area contributed by atoms with Crippen molar-refractivity contribution in [3.8, 4) is 0 Å². The number of nitrogens with one attached hydrogen (secondary N) is 6. The molecule has 0 heterocycles. The zero-order valence-corrected chi connectivity index (χ0v) is 38.5. The van der Waals surface area contributed by atoms with E-state index in [1.165, 1.54) is 7.11 Å². The van der Waals surface area contributed by atoms with Gasteiger partial charge in [-0.2, -0.15) is 22.2 Å². The number of aliphatic carboxylic acids is 5. The number of methoxy groups -OCH3 is 1. The Balaban J connectivity index is 0. The second kappa shape index (κ2) is 36.1. The van der Waals surface area contributed by atoms with Crippen molar-refractivity contribution in [1.82, 2.24) is 31.9 Å². The van der Waals surface area contributed by atoms with E-state index in [0.717, 1.165) is 0 Å². The number of thiol groups is 1. The van der Waals surface area contributed by atoms with Crippen LogP contribution in [-0.4, -0.2) is 147 Å². The first-order chi connectivity index (χ1) is 32.0. The highest BCUT2D eigenvalue weighted by molar-refractivity contribution is 7.80. The highest BCUT2D eigenvalue weighted by atomic mass is 32.1. The summed E-state index contributed by atoms with van der Waals surface area (Å²) in [6.45, 7) is 3.88. The fourth-order valence-corrected chi connectivity index (χ4v) is 5.76. The van der Waals surface area contributed by atoms with Gasteiger partial charge in [-0.1, -0.05) is 38.1 Å². The lowest BCUT2D eigenvalue weighted by Gasteiger charge is -2.21. The number of ketones is 1. The Morgan fingerprint density at radius 2 is 1.25 bits per heavy atom. The van der Waals surface area contributed by atoms with Crippen molar-refractivity contribution in [3.63, 3.8) is 0 Å². The van der Waals surface area contributed by atoms with Crippen molar-refractivity contribution < 1.29 is 92.6 Å². The molecule has 1 unspecified atom stereocenters. The van der Waals surface area contributed by atoms with Crippen LogP contribution in [0.2, 0.25) is 0 Å². The third-order valence-electron chi connectivity index (χ3n) is 9.27. The summed E-state index contributed by atoms with van der Waals surface area (Å²) in [6.07, 6.45) is -0.614. The van der Waals surface area contributed by atoms with Crippen LogP contribution >= 0.6 is 12.6 Å². The molecule has 0 fully saturated rings. The van der Waals surface area contributed by atoms with Crippen LogP contribution in [0.15, 0.2) is 24.3 Å². The molecule has 27 heteroatoms. The molecular formula is C41H61N7O19S. The van der Waals surface area contributed by atoms with Gasteiger partial charge in [-0.05, 0) is 49.7 Å². The summed E-state index contributed by atoms with van der Waals surface area (Å²) < 4.78 is 4.34. The standard InChI is InChI=1S/C35H50N6O15S.C5H11NO2.CO2/c1-2-22(10-11-28(44)45)38-35(56)41-23(32(51)52)5-3-4-12-36-34(55)37-17-20-8-6-19(7-9-20)13-27(43)39-24(16-30(48)49)26(42)14-21(15-29(46)47)31(50)40-25(18-57)33(53)54;1-3-4(6)5(7)8-2;2-1-3/h6-9,21-25,57H,2-5,10-18H2,1H3,(H,39,43)(H,40,50)(H,44,45)(H,46,47)(H,48,49)(H,51,52)(H,53,54)(H2,36,37,55)(H2,38,41,56);4H,3,6H2,1-2H3;/t21-,22+,23-,24-,25-;;/m0../s1. The second-order valence-electron chi connectivity index (χ2n) is 14.5. The van der Waals surface area contributed by atoms with Crippen molar-refractivity contribution >= 4 is 84.3 Å². The number of carboxylic acids is 5. The Morgan fingerprint density at radius 3 is 1.72 bits per heavy atom. The average molecular weight is 988 g/mol. The topological polar surface area (TPSA) is 430 Å². The summed E-state index contributed by atoms with van der Waals surface area (Å²) in [4.78, 5) is 146. The van der Waals surface area contributed by atoms with Crippen LogP contribution < -0.4 is 37.6 Å². The number of rotatable bonds is 30. The van der Waals surface area contributed by atoms with Crippen LogP contribution in [0, 0.1) is 5.92 Å². The fraction of sp³-hybridized carbons (Fsp3) is 0.561. The lowest BCUT2D eigenvalue weighted by Crippen LogP contribution is -2.49. The molecule has 1 aromatic rings. The zero-order valence-electron chi connectivity index (χ0n) is 37.6. The van der Waals surface area contributed by atoms with Crippen molar-refractivity contribution in [3.05, 3.63) is 35.4 Å². The number of urea groups is 2. The van der Waals surface area contributed by atoms with Gasteiger partial charge in [-0.25, -0.2) is 19.2 Å². The number of ether oxygens (including phenoxy) is 1. The lowest BCUT2D eigenvalue weighted by molar-refractivity contribution is -0.192. The second-order valence-corrected chi connectivity index (χ2v) is 14.9. The molecule has 6 atom stereocenters. The van der Waals surface area contributed by atoms with E-state index in [0.29, 0.717) is 36.8 Å². The van der Waals surface area contributed by atoms with E-state index in [9.17, 15) is 68.1 Å². The quantitative estimate of drug-likeness (QED) is 0.0260. The predicted octanol–water partition coefficient (Wildman–Crippen LogP) is -0.584. The largest absolute Gasteiger partial charge is 0.481 e. The molecule has 0 saturated carbocycles. The van der Waals surface area contributed by atoms with E-state index >= 15 is 0 Å². The van der Waals surface area contributed by atoms with Crippen molar-refractivity contribution in [2.24, 2.45) is 11.7 Å². The molecule has 0 spiro atoms. The Labute approximate surface area is 395 Å². The average Bonchev–Trinajstić information content (AvgIpc) is 3.27. The Kier molecular flexibility index (Phi) is 33.4. The fourth-order valence-electron chi connectivity index (χ4n) is 5.51. The summed E-state index contributed by atoms with van der Waals surface area (Å²) in [5.41, 5.74) is 6.34. The minimum Gasteiger partial charge on any atom is -0.481 e. The van der Waals surface area contributed by atoms with Gasteiger partial charge in [0, 0.05) is 37.7 Å². The van der Waals surface area contributed by atoms with E-state index in [1.807, 2.05) is 6.92 Å². The highest BCUT2D eigenvalue weighted by Gasteiger charge is 2.32. The summed E-state index contributed by atoms with van der Waals surface area (Å²) in [5.74, 6) is -11.7. The number of hydrogen-bond acceptors (Lipinski definition) is 16. The van der Waals surface area contributed by atoms with E-state index in [-0.39, 0.29) is 56.6 Å². The molecule has 0 aromatic heterocycles. The van der Waals surface area contributed by atoms with Crippen LogP contribution in [-0.2, 0) is 70.4 Å². The van der Waals surface area contributed by atoms with Gasteiger partial charge in [0.25, 0.3) is 0 Å². The maximum absolute atomic E-state index is 13.0. The molecule has 0 aliphatic rings. The minimum absolute atomic E-state index is 0.0817. The predicted molar refractivity (Wildman–Crippen MR) is 237 cm³/mol. The molecule has 0 radical (unpaired) electrons. The Bertz CT molecular complexity index is 1880. The molecule has 26 nitrogen and oxygen atoms in total. The number of benzene rings is 1. The van der Waals surface area contributed by atoms with Crippen LogP contribution in [0.3, 0.4) is 0 Å². The van der Waals surface area contributed by atoms with Gasteiger partial charge in [0.15, 0.2) is 5.78 Å². The first-order valence-corrected chi connectivity index (χ1v) is 21.4. The molecule has 1 aromatic carbocycles. The van der Waals surface area contributed by atoms with Gasteiger partial charge in [0.05, 0.1) is 38.3 Å². The van der Waals surface area contributed by atoms with E-state index in [2.05, 4.69) is 49.3 Å². The van der Waals surface area contributed by atoms with Crippen LogP contribution in [0.5, 0.6) is 0 Å². The molecule has 6 amide bonds. The molecule has 0 aliphatic carbocycles. The summed E-state index contributed by atoms with van der Waals surface area (Å²) in [5, 5.41) is 60.6. The van der Waals surface area contributed by atoms with Gasteiger partial charge in [0.2, 0.25) is 11.8 Å². The summed E-state index contributed by atoms with van der Waals surface area (Å²) in [7, 11) is 1.33. The normalized spacial score (nSPS) is 12.8. The molecule has 1 rings (SSSR count). The number of hydrogen-bond donors (Lipinski definition) is 13. The molecule has 380 valence electrons. The highest BCUT2D eigenvalue weighted by Crippen LogP contribution is 2.15. The first-order valence-electron chi connectivity index (χ1n) is 20.8. The van der Waals surface area contributed by atoms with Crippen molar-refractivity contribution in [2.75, 3.05) is 19.4 Å². The molecule has 0 aliphatic heterocycles. The smallest absolute Gasteiger partial charge is 0.373 e. The summed E-state index contributed by atoms with van der Waals surface area (Å²) in [6, 6.07) is -0.0772. The van der Waals surface area contributed by atoms with Gasteiger partial charge in [0.1, 0.15) is 18.1 Å². The lowest BCUT2D eigenvalue weighted by atomic mass is 9.93. The van der Waals surface area contributed by atoms with Crippen LogP contribution in [0.4, 0.5) is 9.59 Å². The number of amides is 6.